The van der Waals surface area contributed by atoms with Crippen molar-refractivity contribution in [3.63, 3.8) is 0 Å². The summed E-state index contributed by atoms with van der Waals surface area (Å²) in [4.78, 5) is 13.5. The van der Waals surface area contributed by atoms with Crippen LogP contribution in [0.3, 0.4) is 0 Å². The molecule has 1 aliphatic heterocycles. The first-order valence-corrected chi connectivity index (χ1v) is 6.08. The molecule has 0 aromatic rings. The van der Waals surface area contributed by atoms with Gasteiger partial charge in [-0.2, -0.15) is 0 Å². The summed E-state index contributed by atoms with van der Waals surface area (Å²) in [6.45, 7) is 5.32. The van der Waals surface area contributed by atoms with Crippen molar-refractivity contribution < 1.29 is 9.90 Å². The molecule has 1 heterocycles. The van der Waals surface area contributed by atoms with Crippen LogP contribution in [0.2, 0.25) is 0 Å². The molecule has 2 rings (SSSR count). The molecule has 0 aromatic carbocycles. The van der Waals surface area contributed by atoms with Gasteiger partial charge in [0.25, 0.3) is 0 Å². The molecule has 4 unspecified atom stereocenters. The Labute approximate surface area is 91.5 Å². The maximum absolute atomic E-state index is 11.2. The van der Waals surface area contributed by atoms with Gasteiger partial charge in [-0.1, -0.05) is 13.8 Å². The first-order chi connectivity index (χ1) is 7.09. The van der Waals surface area contributed by atoms with Gasteiger partial charge < -0.3 is 5.11 Å². The molecule has 0 amide bonds. The van der Waals surface area contributed by atoms with Crippen molar-refractivity contribution >= 4 is 5.97 Å². The second kappa shape index (κ2) is 4.12. The van der Waals surface area contributed by atoms with Crippen molar-refractivity contribution in [1.82, 2.24) is 4.90 Å². The van der Waals surface area contributed by atoms with Crippen molar-refractivity contribution in [3.8, 4) is 0 Å². The highest BCUT2D eigenvalue weighted by atomic mass is 16.4. The molecular formula is C12H21NO2. The lowest BCUT2D eigenvalue weighted by Gasteiger charge is -2.29. The number of hydrogen-bond donors (Lipinski definition) is 1. The Morgan fingerprint density at radius 1 is 1.27 bits per heavy atom. The molecule has 1 aliphatic carbocycles. The number of hydrogen-bond acceptors (Lipinski definition) is 2. The predicted molar refractivity (Wildman–Crippen MR) is 58.7 cm³/mol. The first kappa shape index (κ1) is 10.9. The molecule has 1 N–H and O–H groups in total. The molecule has 0 aromatic heterocycles. The van der Waals surface area contributed by atoms with E-state index < -0.39 is 5.97 Å². The number of likely N-dealkylation sites (tertiary alicyclic amines) is 1. The van der Waals surface area contributed by atoms with Crippen molar-refractivity contribution in [1.29, 1.82) is 0 Å². The zero-order chi connectivity index (χ0) is 11.0. The molecule has 0 radical (unpaired) electrons. The third-order valence-corrected chi connectivity index (χ3v) is 4.13. The molecule has 4 atom stereocenters. The topological polar surface area (TPSA) is 40.5 Å². The monoisotopic (exact) mass is 211 g/mol. The van der Waals surface area contributed by atoms with Gasteiger partial charge in [0.15, 0.2) is 0 Å². The Morgan fingerprint density at radius 2 is 2.00 bits per heavy atom. The summed E-state index contributed by atoms with van der Waals surface area (Å²) in [5.74, 6) is 0.471. The third kappa shape index (κ3) is 2.03. The second-order valence-electron chi connectivity index (χ2n) is 5.36. The largest absolute Gasteiger partial charge is 0.480 e. The Kier molecular flexibility index (Phi) is 3.01. The van der Waals surface area contributed by atoms with Crippen molar-refractivity contribution in [3.05, 3.63) is 0 Å². The van der Waals surface area contributed by atoms with E-state index in [1.807, 2.05) is 0 Å². The first-order valence-electron chi connectivity index (χ1n) is 6.08. The summed E-state index contributed by atoms with van der Waals surface area (Å²) in [5, 5.41) is 9.24. The minimum atomic E-state index is -0.625. The Balaban J connectivity index is 2.05. The van der Waals surface area contributed by atoms with E-state index >= 15 is 0 Å². The van der Waals surface area contributed by atoms with E-state index in [1.165, 1.54) is 19.3 Å². The molecule has 15 heavy (non-hydrogen) atoms. The van der Waals surface area contributed by atoms with Crippen LogP contribution < -0.4 is 0 Å². The van der Waals surface area contributed by atoms with E-state index in [9.17, 15) is 9.90 Å². The van der Waals surface area contributed by atoms with E-state index in [0.29, 0.717) is 12.0 Å². The van der Waals surface area contributed by atoms with Gasteiger partial charge in [-0.05, 0) is 44.1 Å². The van der Waals surface area contributed by atoms with Crippen LogP contribution in [0.4, 0.5) is 0 Å². The molecule has 1 saturated carbocycles. The number of nitrogens with zero attached hydrogens (tertiary/aromatic N) is 1. The maximum atomic E-state index is 11.2. The molecular weight excluding hydrogens is 190 g/mol. The summed E-state index contributed by atoms with van der Waals surface area (Å²) >= 11 is 0. The predicted octanol–water partition coefficient (Wildman–Crippen LogP) is 1.97. The summed E-state index contributed by atoms with van der Waals surface area (Å²) in [6.07, 6.45) is 4.69. The SMILES string of the molecule is CC1CCC(N2CCC(C)C2C(=O)O)C1. The summed E-state index contributed by atoms with van der Waals surface area (Å²) in [7, 11) is 0. The maximum Gasteiger partial charge on any atom is 0.321 e. The van der Waals surface area contributed by atoms with Crippen LogP contribution in [0.25, 0.3) is 0 Å². The highest BCUT2D eigenvalue weighted by molar-refractivity contribution is 5.74. The summed E-state index contributed by atoms with van der Waals surface area (Å²) < 4.78 is 0. The highest BCUT2D eigenvalue weighted by Crippen LogP contribution is 2.35. The van der Waals surface area contributed by atoms with Crippen LogP contribution in [0.15, 0.2) is 0 Å². The van der Waals surface area contributed by atoms with Gasteiger partial charge >= 0.3 is 5.97 Å². The second-order valence-corrected chi connectivity index (χ2v) is 5.36. The van der Waals surface area contributed by atoms with Gasteiger partial charge in [-0.25, -0.2) is 0 Å². The quantitative estimate of drug-likeness (QED) is 0.759. The van der Waals surface area contributed by atoms with Crippen LogP contribution in [0.1, 0.15) is 39.5 Å². The van der Waals surface area contributed by atoms with Gasteiger partial charge in [-0.15, -0.1) is 0 Å². The van der Waals surface area contributed by atoms with Gasteiger partial charge in [-0.3, -0.25) is 9.69 Å². The van der Waals surface area contributed by atoms with Crippen LogP contribution in [-0.2, 0) is 4.79 Å². The van der Waals surface area contributed by atoms with E-state index in [0.717, 1.165) is 18.9 Å². The fraction of sp³-hybridized carbons (Fsp3) is 0.917. The fourth-order valence-electron chi connectivity index (χ4n) is 3.25. The summed E-state index contributed by atoms with van der Waals surface area (Å²) in [5.41, 5.74) is 0. The van der Waals surface area contributed by atoms with Crippen LogP contribution in [0.5, 0.6) is 0 Å². The molecule has 86 valence electrons. The van der Waals surface area contributed by atoms with Crippen molar-refractivity contribution in [2.45, 2.75) is 51.6 Å². The van der Waals surface area contributed by atoms with Crippen molar-refractivity contribution in [2.24, 2.45) is 11.8 Å². The van der Waals surface area contributed by atoms with E-state index in [1.54, 1.807) is 0 Å². The smallest absolute Gasteiger partial charge is 0.321 e. The third-order valence-electron chi connectivity index (χ3n) is 4.13. The molecule has 0 bridgehead atoms. The number of carboxylic acid groups (broad SMARTS) is 1. The lowest BCUT2D eigenvalue weighted by Crippen LogP contribution is -2.44. The lowest BCUT2D eigenvalue weighted by molar-refractivity contribution is -0.144. The minimum Gasteiger partial charge on any atom is -0.480 e. The normalized spacial score (nSPS) is 42.3. The number of rotatable bonds is 2. The summed E-state index contributed by atoms with van der Waals surface area (Å²) in [6, 6.07) is 0.311. The molecule has 3 nitrogen and oxygen atoms in total. The zero-order valence-electron chi connectivity index (χ0n) is 9.65. The Bertz CT molecular complexity index is 254. The minimum absolute atomic E-state index is 0.222. The molecule has 2 aliphatic rings. The van der Waals surface area contributed by atoms with Crippen LogP contribution in [0, 0.1) is 11.8 Å². The van der Waals surface area contributed by atoms with Crippen LogP contribution in [-0.4, -0.2) is 34.6 Å². The Hall–Kier alpha value is -0.570. The standard InChI is InChI=1S/C12H21NO2/c1-8-3-4-10(7-8)13-6-5-9(2)11(13)12(14)15/h8-11H,3-7H2,1-2H3,(H,14,15). The molecule has 2 fully saturated rings. The molecule has 3 heteroatoms. The fourth-order valence-corrected chi connectivity index (χ4v) is 3.25. The zero-order valence-corrected chi connectivity index (χ0v) is 9.65. The van der Waals surface area contributed by atoms with E-state index in [4.69, 9.17) is 0 Å². The molecule has 0 spiro atoms. The number of aliphatic carboxylic acids is 1. The Morgan fingerprint density at radius 3 is 2.53 bits per heavy atom. The van der Waals surface area contributed by atoms with E-state index in [-0.39, 0.29) is 6.04 Å². The average molecular weight is 211 g/mol. The van der Waals surface area contributed by atoms with Gasteiger partial charge in [0, 0.05) is 6.04 Å². The number of carbonyl (C=O) groups is 1. The van der Waals surface area contributed by atoms with Gasteiger partial charge in [0.1, 0.15) is 6.04 Å². The van der Waals surface area contributed by atoms with Gasteiger partial charge in [0.05, 0.1) is 0 Å². The van der Waals surface area contributed by atoms with Crippen LogP contribution >= 0.6 is 0 Å². The van der Waals surface area contributed by atoms with Gasteiger partial charge in [0.2, 0.25) is 0 Å². The van der Waals surface area contributed by atoms with E-state index in [2.05, 4.69) is 18.7 Å². The molecule has 1 saturated heterocycles. The van der Waals surface area contributed by atoms with Crippen molar-refractivity contribution in [2.75, 3.05) is 6.54 Å². The highest BCUT2D eigenvalue weighted by Gasteiger charge is 2.41. The number of carboxylic acids is 1. The lowest BCUT2D eigenvalue weighted by atomic mass is 10.0. The average Bonchev–Trinajstić information content (AvgIpc) is 2.71.